The minimum absolute atomic E-state index is 0.0935. The molecule has 156 valence electrons. The molecule has 1 aliphatic heterocycles. The number of piperazine rings is 1. The number of para-hydroxylation sites is 1. The number of benzene rings is 2. The van der Waals surface area contributed by atoms with Gasteiger partial charge in [0.15, 0.2) is 0 Å². The molecule has 0 radical (unpaired) electrons. The van der Waals surface area contributed by atoms with Crippen molar-refractivity contribution < 1.29 is 14.6 Å². The number of carbonyl (C=O) groups excluding carboxylic acids is 1. The Hall–Kier alpha value is -2.37. The van der Waals surface area contributed by atoms with Crippen molar-refractivity contribution in [3.63, 3.8) is 0 Å². The van der Waals surface area contributed by atoms with Crippen molar-refractivity contribution in [2.24, 2.45) is 0 Å². The zero-order valence-corrected chi connectivity index (χ0v) is 17.7. The van der Waals surface area contributed by atoms with Gasteiger partial charge in [-0.3, -0.25) is 9.69 Å². The maximum absolute atomic E-state index is 12.8. The molecule has 0 bridgehead atoms. The van der Waals surface area contributed by atoms with Gasteiger partial charge in [0.1, 0.15) is 5.75 Å². The maximum Gasteiger partial charge on any atom is 0.253 e. The lowest BCUT2D eigenvalue weighted by Crippen LogP contribution is -2.48. The summed E-state index contributed by atoms with van der Waals surface area (Å²) in [4.78, 5) is 17.1. The molecule has 1 N–H and O–H groups in total. The summed E-state index contributed by atoms with van der Waals surface area (Å²) in [5.41, 5.74) is 2.38. The van der Waals surface area contributed by atoms with Crippen LogP contribution in [0.3, 0.4) is 0 Å². The third-order valence-corrected chi connectivity index (χ3v) is 5.47. The summed E-state index contributed by atoms with van der Waals surface area (Å²) >= 11 is 0. The van der Waals surface area contributed by atoms with Gasteiger partial charge in [0.25, 0.3) is 5.91 Å². The van der Waals surface area contributed by atoms with Gasteiger partial charge in [0.2, 0.25) is 0 Å². The van der Waals surface area contributed by atoms with Gasteiger partial charge in [-0.2, -0.15) is 0 Å². The highest BCUT2D eigenvalue weighted by Gasteiger charge is 2.23. The molecule has 0 spiro atoms. The van der Waals surface area contributed by atoms with E-state index in [4.69, 9.17) is 4.74 Å². The fourth-order valence-corrected chi connectivity index (χ4v) is 3.63. The van der Waals surface area contributed by atoms with Crippen LogP contribution < -0.4 is 4.74 Å². The highest BCUT2D eigenvalue weighted by atomic mass is 16.5. The van der Waals surface area contributed by atoms with E-state index in [-0.39, 0.29) is 5.91 Å². The molecule has 2 aromatic rings. The maximum atomic E-state index is 12.8. The van der Waals surface area contributed by atoms with Gasteiger partial charge in [-0.1, -0.05) is 30.3 Å². The molecule has 3 rings (SSSR count). The lowest BCUT2D eigenvalue weighted by molar-refractivity contribution is 0.0626. The van der Waals surface area contributed by atoms with E-state index in [0.29, 0.717) is 6.42 Å². The Morgan fingerprint density at radius 3 is 2.31 bits per heavy atom. The second kappa shape index (κ2) is 9.42. The lowest BCUT2D eigenvalue weighted by atomic mass is 9.98. The Kier molecular flexibility index (Phi) is 6.93. The molecule has 0 aliphatic carbocycles. The van der Waals surface area contributed by atoms with Crippen LogP contribution in [0.2, 0.25) is 0 Å². The molecule has 1 fully saturated rings. The number of methoxy groups -OCH3 is 1. The summed E-state index contributed by atoms with van der Waals surface area (Å²) < 4.78 is 5.44. The first kappa shape index (κ1) is 21.3. The van der Waals surface area contributed by atoms with Gasteiger partial charge in [-0.25, -0.2) is 0 Å². The van der Waals surface area contributed by atoms with Crippen molar-refractivity contribution in [3.05, 3.63) is 65.2 Å². The molecule has 1 heterocycles. The average molecular weight is 397 g/mol. The SMILES string of the molecule is COc1ccccc1CN1CCN(C(=O)c2ccc(CCC(C)(C)O)cc2)CC1. The fourth-order valence-electron chi connectivity index (χ4n) is 3.63. The number of hydrogen-bond donors (Lipinski definition) is 1. The first-order valence-corrected chi connectivity index (χ1v) is 10.3. The van der Waals surface area contributed by atoms with Crippen LogP contribution >= 0.6 is 0 Å². The van der Waals surface area contributed by atoms with Crippen LogP contribution in [0.1, 0.15) is 41.8 Å². The van der Waals surface area contributed by atoms with Gasteiger partial charge in [-0.05, 0) is 50.5 Å². The van der Waals surface area contributed by atoms with Crippen LogP contribution in [0.5, 0.6) is 5.75 Å². The molecular weight excluding hydrogens is 364 g/mol. The van der Waals surface area contributed by atoms with Crippen molar-refractivity contribution in [3.8, 4) is 5.75 Å². The summed E-state index contributed by atoms with van der Waals surface area (Å²) in [6, 6.07) is 15.9. The smallest absolute Gasteiger partial charge is 0.253 e. The van der Waals surface area contributed by atoms with Gasteiger partial charge in [0.05, 0.1) is 12.7 Å². The summed E-state index contributed by atoms with van der Waals surface area (Å²) in [6.07, 6.45) is 1.51. The minimum Gasteiger partial charge on any atom is -0.496 e. The number of aliphatic hydroxyl groups is 1. The number of nitrogens with zero attached hydrogens (tertiary/aromatic N) is 2. The summed E-state index contributed by atoms with van der Waals surface area (Å²) in [5, 5.41) is 9.86. The molecule has 1 saturated heterocycles. The second-order valence-corrected chi connectivity index (χ2v) is 8.39. The van der Waals surface area contributed by atoms with E-state index in [1.807, 2.05) is 61.2 Å². The van der Waals surface area contributed by atoms with Crippen LogP contribution in [-0.4, -0.2) is 59.7 Å². The molecular formula is C24H32N2O3. The zero-order valence-electron chi connectivity index (χ0n) is 17.7. The van der Waals surface area contributed by atoms with Crippen LogP contribution in [0.15, 0.2) is 48.5 Å². The first-order valence-electron chi connectivity index (χ1n) is 10.3. The number of aryl methyl sites for hydroxylation is 1. The largest absolute Gasteiger partial charge is 0.496 e. The number of carbonyl (C=O) groups is 1. The van der Waals surface area contributed by atoms with E-state index in [0.717, 1.165) is 56.0 Å². The highest BCUT2D eigenvalue weighted by molar-refractivity contribution is 5.94. The minimum atomic E-state index is -0.669. The molecule has 0 unspecified atom stereocenters. The Balaban J connectivity index is 1.52. The van der Waals surface area contributed by atoms with Crippen molar-refractivity contribution in [1.82, 2.24) is 9.80 Å². The number of amides is 1. The predicted molar refractivity (Wildman–Crippen MR) is 115 cm³/mol. The standard InChI is InChI=1S/C24H32N2O3/c1-24(2,28)13-12-19-8-10-20(11-9-19)23(27)26-16-14-25(15-17-26)18-21-6-4-5-7-22(21)29-3/h4-11,28H,12-18H2,1-3H3. The van der Waals surface area contributed by atoms with Crippen LogP contribution in [0, 0.1) is 0 Å². The third-order valence-electron chi connectivity index (χ3n) is 5.47. The number of ether oxygens (including phenoxy) is 1. The van der Waals surface area contributed by atoms with Gasteiger partial charge < -0.3 is 14.7 Å². The molecule has 0 saturated carbocycles. The third kappa shape index (κ3) is 6.05. The summed E-state index contributed by atoms with van der Waals surface area (Å²) in [6.45, 7) is 7.64. The van der Waals surface area contributed by atoms with Crippen molar-refractivity contribution in [2.45, 2.75) is 38.8 Å². The van der Waals surface area contributed by atoms with Gasteiger partial charge >= 0.3 is 0 Å². The monoisotopic (exact) mass is 396 g/mol. The van der Waals surface area contributed by atoms with Crippen molar-refractivity contribution in [1.29, 1.82) is 0 Å². The molecule has 5 heteroatoms. The van der Waals surface area contributed by atoms with E-state index in [2.05, 4.69) is 11.0 Å². The Bertz CT molecular complexity index is 804. The van der Waals surface area contributed by atoms with E-state index in [9.17, 15) is 9.90 Å². The number of rotatable bonds is 7. The lowest BCUT2D eigenvalue weighted by Gasteiger charge is -2.35. The summed E-state index contributed by atoms with van der Waals surface area (Å²) in [7, 11) is 1.70. The van der Waals surface area contributed by atoms with E-state index in [1.165, 1.54) is 5.56 Å². The normalized spacial score (nSPS) is 15.4. The summed E-state index contributed by atoms with van der Waals surface area (Å²) in [5.74, 6) is 1.01. The Labute approximate surface area is 173 Å². The van der Waals surface area contributed by atoms with Crippen LogP contribution in [0.4, 0.5) is 0 Å². The fraction of sp³-hybridized carbons (Fsp3) is 0.458. The Morgan fingerprint density at radius 2 is 1.69 bits per heavy atom. The van der Waals surface area contributed by atoms with Crippen molar-refractivity contribution >= 4 is 5.91 Å². The topological polar surface area (TPSA) is 53.0 Å². The van der Waals surface area contributed by atoms with Gasteiger partial charge in [-0.15, -0.1) is 0 Å². The van der Waals surface area contributed by atoms with E-state index >= 15 is 0 Å². The molecule has 5 nitrogen and oxygen atoms in total. The predicted octanol–water partition coefficient (Wildman–Crippen LogP) is 3.36. The van der Waals surface area contributed by atoms with Crippen molar-refractivity contribution in [2.75, 3.05) is 33.3 Å². The molecule has 29 heavy (non-hydrogen) atoms. The van der Waals surface area contributed by atoms with E-state index < -0.39 is 5.60 Å². The molecule has 1 amide bonds. The van der Waals surface area contributed by atoms with Crippen LogP contribution in [0.25, 0.3) is 0 Å². The zero-order chi connectivity index (χ0) is 20.9. The second-order valence-electron chi connectivity index (χ2n) is 8.39. The molecule has 0 atom stereocenters. The average Bonchev–Trinajstić information content (AvgIpc) is 2.72. The quantitative estimate of drug-likeness (QED) is 0.780. The van der Waals surface area contributed by atoms with Gasteiger partial charge in [0, 0.05) is 43.9 Å². The molecule has 1 aliphatic rings. The highest BCUT2D eigenvalue weighted by Crippen LogP contribution is 2.20. The van der Waals surface area contributed by atoms with E-state index in [1.54, 1.807) is 7.11 Å². The first-order chi connectivity index (χ1) is 13.9. The van der Waals surface area contributed by atoms with Crippen LogP contribution in [-0.2, 0) is 13.0 Å². The molecule has 0 aromatic heterocycles. The Morgan fingerprint density at radius 1 is 1.03 bits per heavy atom. The molecule has 2 aromatic carbocycles. The number of hydrogen-bond acceptors (Lipinski definition) is 4.